The number of carbonyl (C=O) groups is 1. The fourth-order valence-electron chi connectivity index (χ4n) is 2.84. The van der Waals surface area contributed by atoms with Crippen molar-refractivity contribution in [3.8, 4) is 0 Å². The van der Waals surface area contributed by atoms with Gasteiger partial charge in [-0.2, -0.15) is 5.10 Å². The molecule has 2 N–H and O–H groups in total. The number of ether oxygens (including phenoxy) is 1. The number of cyclic esters (lactones) is 1. The number of hydrogen-bond acceptors (Lipinski definition) is 8. The van der Waals surface area contributed by atoms with E-state index in [-0.39, 0.29) is 6.10 Å². The van der Waals surface area contributed by atoms with Crippen molar-refractivity contribution < 1.29 is 18.4 Å². The van der Waals surface area contributed by atoms with Gasteiger partial charge < -0.3 is 24.9 Å². The van der Waals surface area contributed by atoms with Crippen LogP contribution < -0.4 is 20.5 Å². The van der Waals surface area contributed by atoms with Crippen molar-refractivity contribution in [1.82, 2.24) is 10.6 Å². The number of aromatic nitrogens is 1. The lowest BCUT2D eigenvalue weighted by Crippen LogP contribution is -2.35. The number of halogens is 1. The monoisotopic (exact) mass is 360 g/mol. The van der Waals surface area contributed by atoms with E-state index in [1.165, 1.54) is 23.6 Å². The second kappa shape index (κ2) is 6.90. The molecular formula is C16H17FN6O3. The predicted molar refractivity (Wildman–Crippen MR) is 92.8 cm³/mol. The van der Waals surface area contributed by atoms with Crippen LogP contribution in [-0.4, -0.2) is 49.9 Å². The number of anilines is 3. The van der Waals surface area contributed by atoms with Crippen LogP contribution in [0.5, 0.6) is 0 Å². The second-order valence-electron chi connectivity index (χ2n) is 5.86. The van der Waals surface area contributed by atoms with Gasteiger partial charge in [0.15, 0.2) is 5.82 Å². The molecule has 9 nitrogen and oxygen atoms in total. The summed E-state index contributed by atoms with van der Waals surface area (Å²) in [5.41, 5.74) is 3.68. The Balaban J connectivity index is 1.43. The van der Waals surface area contributed by atoms with Gasteiger partial charge in [-0.3, -0.25) is 4.90 Å². The third kappa shape index (κ3) is 3.25. The summed E-state index contributed by atoms with van der Waals surface area (Å²) in [7, 11) is 0. The molecule has 2 aromatic rings. The topological polar surface area (TPSA) is 95.2 Å². The van der Waals surface area contributed by atoms with Gasteiger partial charge in [-0.25, -0.2) is 9.18 Å². The Hall–Kier alpha value is -3.30. The lowest BCUT2D eigenvalue weighted by Gasteiger charge is -2.24. The van der Waals surface area contributed by atoms with Crippen molar-refractivity contribution in [2.24, 2.45) is 5.10 Å². The molecule has 1 atom stereocenters. The molecule has 0 radical (unpaired) electrons. The summed E-state index contributed by atoms with van der Waals surface area (Å²) in [5, 5.41) is 10.7. The number of rotatable bonds is 5. The minimum atomic E-state index is -0.507. The van der Waals surface area contributed by atoms with Crippen LogP contribution in [0.1, 0.15) is 0 Å². The maximum atomic E-state index is 14.5. The van der Waals surface area contributed by atoms with Gasteiger partial charge in [0.1, 0.15) is 24.5 Å². The first-order valence-electron chi connectivity index (χ1n) is 8.15. The Labute approximate surface area is 148 Å². The van der Waals surface area contributed by atoms with Crippen molar-refractivity contribution in [1.29, 1.82) is 0 Å². The fourth-order valence-corrected chi connectivity index (χ4v) is 2.84. The highest BCUT2D eigenvalue weighted by atomic mass is 19.1. The molecule has 2 aliphatic heterocycles. The van der Waals surface area contributed by atoms with E-state index in [0.717, 1.165) is 0 Å². The third-order valence-electron chi connectivity index (χ3n) is 4.13. The van der Waals surface area contributed by atoms with E-state index in [1.54, 1.807) is 23.1 Å². The van der Waals surface area contributed by atoms with Crippen molar-refractivity contribution in [2.75, 3.05) is 41.3 Å². The summed E-state index contributed by atoms with van der Waals surface area (Å²) < 4.78 is 24.6. The Morgan fingerprint density at radius 2 is 2.31 bits per heavy atom. The lowest BCUT2D eigenvalue weighted by atomic mass is 10.2. The zero-order valence-electron chi connectivity index (χ0n) is 13.8. The average molecular weight is 360 g/mol. The van der Waals surface area contributed by atoms with Gasteiger partial charge in [-0.1, -0.05) is 5.16 Å². The van der Waals surface area contributed by atoms with Gasteiger partial charge in [0.05, 0.1) is 31.0 Å². The van der Waals surface area contributed by atoms with Crippen molar-refractivity contribution in [3.63, 3.8) is 0 Å². The average Bonchev–Trinajstić information content (AvgIpc) is 3.30. The summed E-state index contributed by atoms with van der Waals surface area (Å²) in [4.78, 5) is 15.2. The van der Waals surface area contributed by atoms with Crippen LogP contribution in [0.2, 0.25) is 0 Å². The molecule has 0 aliphatic carbocycles. The SMILES string of the molecule is O=C1O[C@@H](CNc2ccon2)CN1c1ccc(N2C=NNCC2)c(F)c1. The van der Waals surface area contributed by atoms with E-state index >= 15 is 0 Å². The molecule has 2 aliphatic rings. The Morgan fingerprint density at radius 3 is 3.04 bits per heavy atom. The summed E-state index contributed by atoms with van der Waals surface area (Å²) in [6, 6.07) is 6.33. The quantitative estimate of drug-likeness (QED) is 0.836. The van der Waals surface area contributed by atoms with Gasteiger partial charge in [-0.05, 0) is 18.2 Å². The summed E-state index contributed by atoms with van der Waals surface area (Å²) in [6.07, 6.45) is 2.11. The Kier molecular flexibility index (Phi) is 4.30. The zero-order valence-corrected chi connectivity index (χ0v) is 13.8. The molecule has 0 bridgehead atoms. The maximum Gasteiger partial charge on any atom is 0.414 e. The summed E-state index contributed by atoms with van der Waals surface area (Å²) in [5.74, 6) is 0.139. The number of amides is 1. The molecule has 1 aromatic carbocycles. The highest BCUT2D eigenvalue weighted by Crippen LogP contribution is 2.27. The smallest absolute Gasteiger partial charge is 0.414 e. The molecule has 136 valence electrons. The number of nitrogens with zero attached hydrogens (tertiary/aromatic N) is 4. The number of carbonyl (C=O) groups excluding carboxylic acids is 1. The van der Waals surface area contributed by atoms with Crippen molar-refractivity contribution in [2.45, 2.75) is 6.10 Å². The Morgan fingerprint density at radius 1 is 1.38 bits per heavy atom. The largest absolute Gasteiger partial charge is 0.442 e. The molecule has 26 heavy (non-hydrogen) atoms. The standard InChI is InChI=1S/C16H17FN6O3/c17-13-7-11(1-2-14(13)22-5-4-19-20-10-22)23-9-12(26-16(23)24)8-18-15-3-6-25-21-15/h1-3,6-7,10,12,19H,4-5,8-9H2,(H,18,21)/t12-/m0/s1. The van der Waals surface area contributed by atoms with E-state index in [2.05, 4.69) is 21.0 Å². The predicted octanol–water partition coefficient (Wildman–Crippen LogP) is 1.60. The van der Waals surface area contributed by atoms with Crippen LogP contribution in [-0.2, 0) is 4.74 Å². The van der Waals surface area contributed by atoms with Crippen LogP contribution in [0.3, 0.4) is 0 Å². The van der Waals surface area contributed by atoms with Crippen LogP contribution in [0, 0.1) is 5.82 Å². The van der Waals surface area contributed by atoms with Gasteiger partial charge in [0, 0.05) is 12.6 Å². The van der Waals surface area contributed by atoms with Crippen molar-refractivity contribution in [3.05, 3.63) is 36.3 Å². The molecule has 0 unspecified atom stereocenters. The van der Waals surface area contributed by atoms with Crippen LogP contribution in [0.4, 0.5) is 26.4 Å². The minimum Gasteiger partial charge on any atom is -0.442 e. The van der Waals surface area contributed by atoms with Gasteiger partial charge >= 0.3 is 6.09 Å². The second-order valence-corrected chi connectivity index (χ2v) is 5.86. The highest BCUT2D eigenvalue weighted by Gasteiger charge is 2.32. The first-order chi connectivity index (χ1) is 12.7. The summed E-state index contributed by atoms with van der Waals surface area (Å²) in [6.45, 7) is 1.95. The molecule has 1 fully saturated rings. The third-order valence-corrected chi connectivity index (χ3v) is 4.13. The molecule has 4 rings (SSSR count). The maximum absolute atomic E-state index is 14.5. The molecule has 1 amide bonds. The summed E-state index contributed by atoms with van der Waals surface area (Å²) >= 11 is 0. The fraction of sp³-hybridized carbons (Fsp3) is 0.312. The molecule has 0 saturated carbocycles. The van der Waals surface area contributed by atoms with Crippen LogP contribution in [0.15, 0.2) is 40.2 Å². The highest BCUT2D eigenvalue weighted by molar-refractivity contribution is 5.90. The number of benzene rings is 1. The van der Waals surface area contributed by atoms with E-state index in [9.17, 15) is 9.18 Å². The molecular weight excluding hydrogens is 343 g/mol. The van der Waals surface area contributed by atoms with Crippen molar-refractivity contribution >= 4 is 29.6 Å². The van der Waals surface area contributed by atoms with E-state index in [0.29, 0.717) is 43.4 Å². The Bertz CT molecular complexity index is 812. The molecule has 0 spiro atoms. The lowest BCUT2D eigenvalue weighted by molar-refractivity contribution is 0.147. The molecule has 1 aromatic heterocycles. The van der Waals surface area contributed by atoms with E-state index < -0.39 is 11.9 Å². The van der Waals surface area contributed by atoms with Gasteiger partial charge in [-0.15, -0.1) is 0 Å². The number of hydrogen-bond donors (Lipinski definition) is 2. The minimum absolute atomic E-state index is 0.317. The van der Waals surface area contributed by atoms with E-state index in [4.69, 9.17) is 9.26 Å². The number of nitrogens with one attached hydrogen (secondary N) is 2. The van der Waals surface area contributed by atoms with Gasteiger partial charge in [0.25, 0.3) is 0 Å². The normalized spacial score (nSPS) is 19.4. The zero-order chi connectivity index (χ0) is 17.9. The van der Waals surface area contributed by atoms with E-state index in [1.807, 2.05) is 0 Å². The van der Waals surface area contributed by atoms with Crippen LogP contribution >= 0.6 is 0 Å². The van der Waals surface area contributed by atoms with Crippen LogP contribution in [0.25, 0.3) is 0 Å². The molecule has 1 saturated heterocycles. The van der Waals surface area contributed by atoms with Gasteiger partial charge in [0.2, 0.25) is 0 Å². The molecule has 10 heteroatoms. The molecule has 3 heterocycles. The number of hydrazone groups is 1. The first kappa shape index (κ1) is 16.2. The first-order valence-corrected chi connectivity index (χ1v) is 8.15.